The number of primary amides is 1. The van der Waals surface area contributed by atoms with Gasteiger partial charge in [0, 0.05) is 19.4 Å². The summed E-state index contributed by atoms with van der Waals surface area (Å²) in [7, 11) is 0. The number of hydrogen-bond donors (Lipinski definition) is 3. The second kappa shape index (κ2) is 14.5. The average Bonchev–Trinajstić information content (AvgIpc) is 2.97. The summed E-state index contributed by atoms with van der Waals surface area (Å²) < 4.78 is 5.99. The van der Waals surface area contributed by atoms with E-state index in [1.807, 2.05) is 25.1 Å². The van der Waals surface area contributed by atoms with Crippen molar-refractivity contribution in [2.45, 2.75) is 115 Å². The standard InChI is InChI=1S/C31H44N4O6/c1-2-10-24(28(37)29(32)38)33-30(39)25-18-21-14-15-23-17-22(21)19-35(25)31(40)27(20-11-6-5-7-12-20)34-26(36)13-8-3-4-9-16-41-23/h14-15,17,20,24-25,27H,2-13,16,18-19H2,1H3,(H2,32,38)(H,33,39)(H,34,36)/t24-,25-,27-/m0/s1. The van der Waals surface area contributed by atoms with Gasteiger partial charge in [0.1, 0.15) is 17.8 Å². The SMILES string of the molecule is CCC[C@H](NC(=O)[C@@H]1Cc2ccc3cc2CN1C(=O)[C@H](C1CCCCC1)NC(=O)CCCCCCO3)C(=O)C(N)=O. The van der Waals surface area contributed by atoms with Crippen LogP contribution in [-0.2, 0) is 36.9 Å². The molecule has 4 rings (SSSR count). The molecular formula is C31H44N4O6. The quantitative estimate of drug-likeness (QED) is 0.431. The first kappa shape index (κ1) is 30.5. The van der Waals surface area contributed by atoms with E-state index in [4.69, 9.17) is 10.5 Å². The third-order valence-corrected chi connectivity index (χ3v) is 8.62. The van der Waals surface area contributed by atoms with Gasteiger partial charge in [-0.25, -0.2) is 0 Å². The van der Waals surface area contributed by atoms with E-state index in [1.165, 1.54) is 0 Å². The normalized spacial score (nSPS) is 23.3. The van der Waals surface area contributed by atoms with Crippen molar-refractivity contribution in [2.75, 3.05) is 6.61 Å². The molecule has 224 valence electrons. The van der Waals surface area contributed by atoms with Crippen LogP contribution in [0.4, 0.5) is 0 Å². The van der Waals surface area contributed by atoms with Crippen LogP contribution in [-0.4, -0.2) is 59.0 Å². The van der Waals surface area contributed by atoms with Gasteiger partial charge in [-0.15, -0.1) is 0 Å². The van der Waals surface area contributed by atoms with Crippen molar-refractivity contribution >= 4 is 29.4 Å². The van der Waals surface area contributed by atoms with E-state index in [2.05, 4.69) is 10.6 Å². The van der Waals surface area contributed by atoms with E-state index >= 15 is 0 Å². The number of fused-ring (bicyclic) bond motifs is 2. The first-order valence-electron chi connectivity index (χ1n) is 15.3. The van der Waals surface area contributed by atoms with Gasteiger partial charge in [0.15, 0.2) is 0 Å². The zero-order chi connectivity index (χ0) is 29.4. The van der Waals surface area contributed by atoms with Crippen LogP contribution in [0.3, 0.4) is 0 Å². The third kappa shape index (κ3) is 7.86. The molecule has 41 heavy (non-hydrogen) atoms. The summed E-state index contributed by atoms with van der Waals surface area (Å²) in [5.74, 6) is -2.20. The number of nitrogens with zero attached hydrogens (tertiary/aromatic N) is 1. The molecule has 0 saturated heterocycles. The number of Topliss-reactive ketones (excluding diaryl/α,β-unsaturated/α-hetero) is 1. The van der Waals surface area contributed by atoms with Crippen molar-refractivity contribution in [3.8, 4) is 5.75 Å². The monoisotopic (exact) mass is 568 g/mol. The Balaban J connectivity index is 1.69. The van der Waals surface area contributed by atoms with Gasteiger partial charge in [0.25, 0.3) is 5.91 Å². The van der Waals surface area contributed by atoms with Crippen LogP contribution >= 0.6 is 0 Å². The molecule has 2 heterocycles. The molecule has 1 fully saturated rings. The fourth-order valence-corrected chi connectivity index (χ4v) is 6.32. The molecule has 2 aliphatic heterocycles. The van der Waals surface area contributed by atoms with Crippen LogP contribution in [0.25, 0.3) is 0 Å². The molecule has 10 heteroatoms. The highest BCUT2D eigenvalue weighted by Crippen LogP contribution is 2.32. The topological polar surface area (TPSA) is 148 Å². The van der Waals surface area contributed by atoms with E-state index in [0.717, 1.165) is 74.7 Å². The Hall–Kier alpha value is -3.43. The highest BCUT2D eigenvalue weighted by molar-refractivity contribution is 6.37. The molecule has 1 aromatic carbocycles. The number of rotatable bonds is 7. The second-order valence-electron chi connectivity index (χ2n) is 11.7. The molecule has 1 aliphatic carbocycles. The summed E-state index contributed by atoms with van der Waals surface area (Å²) in [5.41, 5.74) is 7.05. The molecule has 0 aromatic heterocycles. The first-order chi connectivity index (χ1) is 19.8. The summed E-state index contributed by atoms with van der Waals surface area (Å²) >= 11 is 0. The van der Waals surface area contributed by atoms with Crippen LogP contribution in [0.15, 0.2) is 18.2 Å². The van der Waals surface area contributed by atoms with E-state index in [1.54, 1.807) is 4.90 Å². The lowest BCUT2D eigenvalue weighted by atomic mass is 9.82. The zero-order valence-corrected chi connectivity index (χ0v) is 24.1. The highest BCUT2D eigenvalue weighted by atomic mass is 16.5. The Morgan fingerprint density at radius 2 is 1.78 bits per heavy atom. The number of carbonyl (C=O) groups is 5. The summed E-state index contributed by atoms with van der Waals surface area (Å²) in [6.07, 6.45) is 9.64. The number of benzene rings is 1. The van der Waals surface area contributed by atoms with Gasteiger partial charge < -0.3 is 26.0 Å². The molecule has 0 radical (unpaired) electrons. The predicted molar refractivity (Wildman–Crippen MR) is 153 cm³/mol. The van der Waals surface area contributed by atoms with Gasteiger partial charge in [0.2, 0.25) is 23.5 Å². The lowest BCUT2D eigenvalue weighted by Crippen LogP contribution is -2.61. The molecule has 4 amide bonds. The minimum atomic E-state index is -1.11. The molecule has 1 saturated carbocycles. The maximum atomic E-state index is 14.4. The van der Waals surface area contributed by atoms with Crippen LogP contribution in [0.1, 0.15) is 95.1 Å². The van der Waals surface area contributed by atoms with Crippen molar-refractivity contribution in [3.63, 3.8) is 0 Å². The number of nitrogens with two attached hydrogens (primary N) is 1. The van der Waals surface area contributed by atoms with Crippen molar-refractivity contribution < 1.29 is 28.7 Å². The number of ketones is 1. The Morgan fingerprint density at radius 3 is 2.51 bits per heavy atom. The number of hydrogen-bond acceptors (Lipinski definition) is 6. The summed E-state index contributed by atoms with van der Waals surface area (Å²) in [5, 5.41) is 5.78. The third-order valence-electron chi connectivity index (χ3n) is 8.62. The van der Waals surface area contributed by atoms with E-state index < -0.39 is 35.7 Å². The molecule has 4 N–H and O–H groups in total. The lowest BCUT2D eigenvalue weighted by molar-refractivity contribution is -0.147. The van der Waals surface area contributed by atoms with Crippen molar-refractivity contribution in [2.24, 2.45) is 11.7 Å². The fourth-order valence-electron chi connectivity index (χ4n) is 6.32. The molecule has 1 aromatic rings. The Labute approximate surface area is 242 Å². The van der Waals surface area contributed by atoms with E-state index in [-0.39, 0.29) is 37.1 Å². The maximum absolute atomic E-state index is 14.4. The molecular weight excluding hydrogens is 524 g/mol. The molecule has 3 bridgehead atoms. The van der Waals surface area contributed by atoms with Crippen LogP contribution in [0.5, 0.6) is 5.75 Å². The minimum absolute atomic E-state index is 0.0110. The predicted octanol–water partition coefficient (Wildman–Crippen LogP) is 2.69. The van der Waals surface area contributed by atoms with Gasteiger partial charge in [-0.2, -0.15) is 0 Å². The molecule has 3 aliphatic rings. The molecule has 3 atom stereocenters. The number of nitrogens with one attached hydrogen (secondary N) is 2. The van der Waals surface area contributed by atoms with Crippen LogP contribution in [0.2, 0.25) is 0 Å². The lowest BCUT2D eigenvalue weighted by Gasteiger charge is -2.40. The molecule has 0 unspecified atom stereocenters. The Morgan fingerprint density at radius 1 is 1.05 bits per heavy atom. The van der Waals surface area contributed by atoms with Gasteiger partial charge in [0.05, 0.1) is 12.6 Å². The summed E-state index contributed by atoms with van der Waals surface area (Å²) in [4.78, 5) is 66.8. The van der Waals surface area contributed by atoms with Gasteiger partial charge in [-0.05, 0) is 61.3 Å². The number of amides is 4. The van der Waals surface area contributed by atoms with E-state index in [0.29, 0.717) is 19.4 Å². The second-order valence-corrected chi connectivity index (χ2v) is 11.7. The summed E-state index contributed by atoms with van der Waals surface area (Å²) in [6, 6.07) is 3.04. The average molecular weight is 569 g/mol. The first-order valence-corrected chi connectivity index (χ1v) is 15.3. The van der Waals surface area contributed by atoms with Crippen LogP contribution < -0.4 is 21.1 Å². The smallest absolute Gasteiger partial charge is 0.287 e. The Bertz CT molecular complexity index is 1130. The van der Waals surface area contributed by atoms with Gasteiger partial charge in [-0.1, -0.05) is 51.5 Å². The summed E-state index contributed by atoms with van der Waals surface area (Å²) in [6.45, 7) is 2.58. The molecule has 0 spiro atoms. The van der Waals surface area contributed by atoms with Crippen LogP contribution in [0, 0.1) is 5.92 Å². The minimum Gasteiger partial charge on any atom is -0.494 e. The fraction of sp³-hybridized carbons (Fsp3) is 0.645. The van der Waals surface area contributed by atoms with E-state index in [9.17, 15) is 24.0 Å². The van der Waals surface area contributed by atoms with Crippen molar-refractivity contribution in [3.05, 3.63) is 29.3 Å². The van der Waals surface area contributed by atoms with Gasteiger partial charge >= 0.3 is 0 Å². The largest absolute Gasteiger partial charge is 0.494 e. The van der Waals surface area contributed by atoms with Crippen molar-refractivity contribution in [1.82, 2.24) is 15.5 Å². The van der Waals surface area contributed by atoms with Crippen molar-refractivity contribution in [1.29, 1.82) is 0 Å². The number of carbonyl (C=O) groups excluding carboxylic acids is 5. The maximum Gasteiger partial charge on any atom is 0.287 e. The number of ether oxygens (including phenoxy) is 1. The molecule has 10 nitrogen and oxygen atoms in total. The zero-order valence-electron chi connectivity index (χ0n) is 24.1. The highest BCUT2D eigenvalue weighted by Gasteiger charge is 2.42. The Kier molecular flexibility index (Phi) is 10.8. The van der Waals surface area contributed by atoms with Gasteiger partial charge in [-0.3, -0.25) is 24.0 Å².